The first kappa shape index (κ1) is 21.3. The molecule has 0 spiro atoms. The van der Waals surface area contributed by atoms with Gasteiger partial charge < -0.3 is 9.72 Å². The average Bonchev–Trinajstić information content (AvgIpc) is 3.36. The number of hydrogen-bond donors (Lipinski definition) is 1. The van der Waals surface area contributed by atoms with Crippen LogP contribution in [-0.4, -0.2) is 69.5 Å². The Labute approximate surface area is 188 Å². The van der Waals surface area contributed by atoms with Crippen molar-refractivity contribution in [3.05, 3.63) is 64.1 Å². The number of hydrogen-bond acceptors (Lipinski definition) is 6. The van der Waals surface area contributed by atoms with Crippen LogP contribution in [-0.2, 0) is 11.2 Å². The normalized spacial score (nSPS) is 25.2. The van der Waals surface area contributed by atoms with E-state index < -0.39 is 0 Å². The maximum atomic E-state index is 13.0. The lowest BCUT2D eigenvalue weighted by Gasteiger charge is -2.32. The van der Waals surface area contributed by atoms with Crippen molar-refractivity contribution >= 4 is 5.52 Å². The smallest absolute Gasteiger partial charge is 0.276 e. The summed E-state index contributed by atoms with van der Waals surface area (Å²) < 4.78 is 7.32. The van der Waals surface area contributed by atoms with E-state index >= 15 is 0 Å². The molecule has 1 N–H and O–H groups in total. The minimum Gasteiger partial charge on any atom is -0.381 e. The van der Waals surface area contributed by atoms with E-state index in [2.05, 4.69) is 65.3 Å². The maximum absolute atomic E-state index is 13.0. The summed E-state index contributed by atoms with van der Waals surface area (Å²) in [7, 11) is 4.18. The van der Waals surface area contributed by atoms with Gasteiger partial charge in [0.15, 0.2) is 5.52 Å². The number of hydrazine groups is 1. The fraction of sp³-hybridized carbons (Fsp3) is 0.542. The molecule has 1 aromatic carbocycles. The number of nitrogens with zero attached hydrogens (tertiary/aromatic N) is 5. The Morgan fingerprint density at radius 2 is 1.94 bits per heavy atom. The monoisotopic (exact) mass is 436 g/mol. The third-order valence-corrected chi connectivity index (χ3v) is 7.04. The topological polar surface area (TPSA) is 78.8 Å². The molecule has 2 saturated heterocycles. The number of nitrogens with one attached hydrogen (secondary N) is 1. The van der Waals surface area contributed by atoms with Crippen molar-refractivity contribution < 1.29 is 4.74 Å². The van der Waals surface area contributed by atoms with Gasteiger partial charge in [-0.1, -0.05) is 37.3 Å². The summed E-state index contributed by atoms with van der Waals surface area (Å²) in [5.74, 6) is 2.37. The quantitative estimate of drug-likeness (QED) is 0.662. The highest BCUT2D eigenvalue weighted by atomic mass is 16.5. The van der Waals surface area contributed by atoms with Crippen LogP contribution in [0.3, 0.4) is 0 Å². The van der Waals surface area contributed by atoms with Crippen LogP contribution in [0, 0.1) is 5.92 Å². The van der Waals surface area contributed by atoms with E-state index in [-0.39, 0.29) is 23.4 Å². The van der Waals surface area contributed by atoms with Gasteiger partial charge >= 0.3 is 0 Å². The van der Waals surface area contributed by atoms with Crippen molar-refractivity contribution in [3.63, 3.8) is 0 Å². The van der Waals surface area contributed by atoms with Gasteiger partial charge in [0.25, 0.3) is 5.56 Å². The van der Waals surface area contributed by atoms with Crippen LogP contribution in [0.25, 0.3) is 5.52 Å². The Balaban J connectivity index is 1.56. The van der Waals surface area contributed by atoms with Gasteiger partial charge in [-0.25, -0.2) is 19.5 Å². The van der Waals surface area contributed by atoms with Gasteiger partial charge in [-0.15, -0.1) is 0 Å². The third-order valence-electron chi connectivity index (χ3n) is 7.04. The van der Waals surface area contributed by atoms with Gasteiger partial charge in [0, 0.05) is 51.7 Å². The Morgan fingerprint density at radius 1 is 1.19 bits per heavy atom. The Morgan fingerprint density at radius 3 is 2.66 bits per heavy atom. The van der Waals surface area contributed by atoms with E-state index in [1.54, 1.807) is 10.7 Å². The minimum atomic E-state index is -0.116. The van der Waals surface area contributed by atoms with Crippen molar-refractivity contribution in [1.29, 1.82) is 0 Å². The van der Waals surface area contributed by atoms with E-state index in [0.29, 0.717) is 11.4 Å². The molecular weight excluding hydrogens is 404 g/mol. The molecule has 2 aromatic heterocycles. The van der Waals surface area contributed by atoms with Crippen molar-refractivity contribution in [2.24, 2.45) is 5.92 Å². The van der Waals surface area contributed by atoms with Crippen LogP contribution in [0.5, 0.6) is 0 Å². The fourth-order valence-electron chi connectivity index (χ4n) is 5.43. The second-order valence-electron chi connectivity index (χ2n) is 9.37. The first-order chi connectivity index (χ1) is 15.5. The zero-order chi connectivity index (χ0) is 22.2. The second kappa shape index (κ2) is 8.77. The predicted octanol–water partition coefficient (Wildman–Crippen LogP) is 2.43. The van der Waals surface area contributed by atoms with Crippen LogP contribution in [0.2, 0.25) is 0 Å². The number of fused-ring (bicyclic) bond motifs is 1. The molecule has 32 heavy (non-hydrogen) atoms. The first-order valence-corrected chi connectivity index (χ1v) is 11.6. The van der Waals surface area contributed by atoms with E-state index in [0.717, 1.165) is 50.7 Å². The van der Waals surface area contributed by atoms with Gasteiger partial charge in [-0.05, 0) is 30.7 Å². The number of rotatable bonds is 5. The van der Waals surface area contributed by atoms with Gasteiger partial charge in [-0.3, -0.25) is 4.79 Å². The molecule has 2 fully saturated rings. The third kappa shape index (κ3) is 3.87. The average molecular weight is 437 g/mol. The molecule has 4 heterocycles. The van der Waals surface area contributed by atoms with E-state index in [4.69, 9.17) is 9.84 Å². The molecule has 0 bridgehead atoms. The SMILES string of the molecule is CC1CN(N(C)C)C(Cc2ccccc2)C1c1nn2c(C3CCOCC3)ncc2c(=O)[nH]1. The number of H-pyrrole nitrogens is 1. The molecule has 0 radical (unpaired) electrons. The molecule has 3 aromatic rings. The highest BCUT2D eigenvalue weighted by Gasteiger charge is 2.43. The highest BCUT2D eigenvalue weighted by Crippen LogP contribution is 2.38. The summed E-state index contributed by atoms with van der Waals surface area (Å²) in [6.45, 7) is 4.63. The summed E-state index contributed by atoms with van der Waals surface area (Å²) >= 11 is 0. The fourth-order valence-corrected chi connectivity index (χ4v) is 5.43. The standard InChI is InChI=1S/C24H32N6O2/c1-16-15-29(28(2)3)19(13-17-7-5-4-6-8-17)21(16)22-26-24(31)20-14-25-23(30(20)27-22)18-9-11-32-12-10-18/h4-8,14,16,18-19,21H,9-13,15H2,1-3H3,(H,26,27,31). The highest BCUT2D eigenvalue weighted by molar-refractivity contribution is 5.42. The molecule has 2 aliphatic rings. The largest absolute Gasteiger partial charge is 0.381 e. The van der Waals surface area contributed by atoms with Gasteiger partial charge in [-0.2, -0.15) is 5.10 Å². The molecule has 170 valence electrons. The Bertz CT molecular complexity index is 1120. The van der Waals surface area contributed by atoms with Crippen LogP contribution < -0.4 is 5.56 Å². The van der Waals surface area contributed by atoms with Crippen molar-refractivity contribution in [1.82, 2.24) is 29.6 Å². The molecule has 0 aliphatic carbocycles. The maximum Gasteiger partial charge on any atom is 0.276 e. The van der Waals surface area contributed by atoms with E-state index in [1.807, 2.05) is 6.07 Å². The van der Waals surface area contributed by atoms with Crippen molar-refractivity contribution in [3.8, 4) is 0 Å². The molecule has 2 aliphatic heterocycles. The van der Waals surface area contributed by atoms with Crippen molar-refractivity contribution in [2.75, 3.05) is 33.9 Å². The molecule has 8 heteroatoms. The minimum absolute atomic E-state index is 0.111. The summed E-state index contributed by atoms with van der Waals surface area (Å²) in [6, 6.07) is 10.8. The molecule has 8 nitrogen and oxygen atoms in total. The Kier molecular flexibility index (Phi) is 5.84. The molecule has 0 amide bonds. The number of aromatic nitrogens is 4. The summed E-state index contributed by atoms with van der Waals surface area (Å²) in [6.07, 6.45) is 4.38. The summed E-state index contributed by atoms with van der Waals surface area (Å²) in [5.41, 5.74) is 1.69. The number of aromatic amines is 1. The zero-order valence-electron chi connectivity index (χ0n) is 19.1. The molecule has 3 atom stereocenters. The Hall–Kier alpha value is -2.55. The molecule has 5 rings (SSSR count). The van der Waals surface area contributed by atoms with Gasteiger partial charge in [0.2, 0.25) is 0 Å². The lowest BCUT2D eigenvalue weighted by molar-refractivity contribution is 0.00695. The van der Waals surface area contributed by atoms with Gasteiger partial charge in [0.1, 0.15) is 11.6 Å². The molecular formula is C24H32N6O2. The summed E-state index contributed by atoms with van der Waals surface area (Å²) in [5, 5.41) is 9.58. The second-order valence-corrected chi connectivity index (χ2v) is 9.37. The molecule has 3 unspecified atom stereocenters. The van der Waals surface area contributed by atoms with Crippen LogP contribution in [0.1, 0.15) is 48.8 Å². The van der Waals surface area contributed by atoms with E-state index in [9.17, 15) is 4.79 Å². The first-order valence-electron chi connectivity index (χ1n) is 11.6. The molecule has 0 saturated carbocycles. The van der Waals surface area contributed by atoms with Crippen molar-refractivity contribution in [2.45, 2.75) is 44.1 Å². The lowest BCUT2D eigenvalue weighted by Crippen LogP contribution is -2.43. The number of imidazole rings is 1. The van der Waals surface area contributed by atoms with Gasteiger partial charge in [0.05, 0.1) is 6.20 Å². The number of benzene rings is 1. The summed E-state index contributed by atoms with van der Waals surface area (Å²) in [4.78, 5) is 20.8. The van der Waals surface area contributed by atoms with Crippen LogP contribution in [0.15, 0.2) is 41.3 Å². The van der Waals surface area contributed by atoms with Crippen LogP contribution in [0.4, 0.5) is 0 Å². The number of ether oxygens (including phenoxy) is 1. The van der Waals surface area contributed by atoms with E-state index in [1.165, 1.54) is 5.56 Å². The predicted molar refractivity (Wildman–Crippen MR) is 123 cm³/mol. The van der Waals surface area contributed by atoms with Crippen LogP contribution >= 0.6 is 0 Å². The zero-order valence-corrected chi connectivity index (χ0v) is 19.1. The lowest BCUT2D eigenvalue weighted by atomic mass is 9.88.